The van der Waals surface area contributed by atoms with Crippen LogP contribution in [0.3, 0.4) is 0 Å². The summed E-state index contributed by atoms with van der Waals surface area (Å²) in [5.74, 6) is -1.01. The number of carbonyl (C=O) groups is 2. The smallest absolute Gasteiger partial charge is 0.308 e. The summed E-state index contributed by atoms with van der Waals surface area (Å²) in [6, 6.07) is 5.29. The first kappa shape index (κ1) is 17.4. The van der Waals surface area contributed by atoms with Gasteiger partial charge < -0.3 is 15.8 Å². The van der Waals surface area contributed by atoms with Gasteiger partial charge in [-0.2, -0.15) is 0 Å². The molecule has 126 valence electrons. The fourth-order valence-corrected chi connectivity index (χ4v) is 2.88. The van der Waals surface area contributed by atoms with Crippen LogP contribution in [0.15, 0.2) is 24.3 Å². The molecule has 0 bridgehead atoms. The molecule has 1 saturated carbocycles. The molecule has 1 amide bonds. The first-order chi connectivity index (χ1) is 11.0. The van der Waals surface area contributed by atoms with Gasteiger partial charge in [0, 0.05) is 12.0 Å². The molecule has 0 saturated heterocycles. The zero-order chi connectivity index (χ0) is 16.8. The Hall–Kier alpha value is -1.95. The molecule has 1 aliphatic carbocycles. The highest BCUT2D eigenvalue weighted by Gasteiger charge is 2.30. The Bertz CT molecular complexity index is 547. The number of ether oxygens (including phenoxy) is 1. The van der Waals surface area contributed by atoms with E-state index in [9.17, 15) is 14.0 Å². The Balaban J connectivity index is 2.07. The highest BCUT2D eigenvalue weighted by Crippen LogP contribution is 2.26. The zero-order valence-corrected chi connectivity index (χ0v) is 13.3. The second kappa shape index (κ2) is 8.06. The molecule has 2 rings (SSSR count). The molecule has 0 aliphatic heterocycles. The van der Waals surface area contributed by atoms with Crippen molar-refractivity contribution in [3.05, 3.63) is 35.6 Å². The summed E-state index contributed by atoms with van der Waals surface area (Å²) in [4.78, 5) is 24.2. The number of nitrogens with two attached hydrogens (primary N) is 1. The molecule has 0 radical (unpaired) electrons. The van der Waals surface area contributed by atoms with Crippen molar-refractivity contribution in [3.8, 4) is 0 Å². The molecule has 1 aliphatic rings. The maximum Gasteiger partial charge on any atom is 0.308 e. The van der Waals surface area contributed by atoms with Crippen LogP contribution in [0.5, 0.6) is 0 Å². The highest BCUT2D eigenvalue weighted by molar-refractivity contribution is 5.80. The first-order valence-electron chi connectivity index (χ1n) is 7.96. The van der Waals surface area contributed by atoms with Crippen molar-refractivity contribution in [1.82, 2.24) is 5.32 Å². The van der Waals surface area contributed by atoms with Gasteiger partial charge in [0.1, 0.15) is 5.82 Å². The van der Waals surface area contributed by atoms with Gasteiger partial charge in [-0.05, 0) is 43.9 Å². The van der Waals surface area contributed by atoms with Crippen molar-refractivity contribution in [2.45, 2.75) is 44.7 Å². The Morgan fingerprint density at radius 3 is 2.61 bits per heavy atom. The zero-order valence-electron chi connectivity index (χ0n) is 13.3. The van der Waals surface area contributed by atoms with Crippen LogP contribution >= 0.6 is 0 Å². The standard InChI is InChI=1S/C17H23FN2O3/c1-2-23-16(21)10-15(11-3-6-13(18)7-4-11)20-17(22)12-5-8-14(19)9-12/h3-4,6-7,12,14-15H,2,5,8-10,19H2,1H3,(H,20,22). The van der Waals surface area contributed by atoms with Gasteiger partial charge in [-0.1, -0.05) is 12.1 Å². The SMILES string of the molecule is CCOC(=O)CC(NC(=O)C1CCC(N)C1)c1ccc(F)cc1. The lowest BCUT2D eigenvalue weighted by Crippen LogP contribution is -2.35. The Morgan fingerprint density at radius 2 is 2.04 bits per heavy atom. The second-order valence-electron chi connectivity index (χ2n) is 5.89. The van der Waals surface area contributed by atoms with E-state index in [-0.39, 0.29) is 36.7 Å². The molecule has 1 aromatic rings. The van der Waals surface area contributed by atoms with E-state index in [0.717, 1.165) is 12.8 Å². The summed E-state index contributed by atoms with van der Waals surface area (Å²) in [6.07, 6.45) is 2.26. The van der Waals surface area contributed by atoms with Crippen LogP contribution in [0.1, 0.15) is 44.2 Å². The fourth-order valence-electron chi connectivity index (χ4n) is 2.88. The van der Waals surface area contributed by atoms with Crippen molar-refractivity contribution in [1.29, 1.82) is 0 Å². The van der Waals surface area contributed by atoms with Crippen molar-refractivity contribution in [2.75, 3.05) is 6.61 Å². The van der Waals surface area contributed by atoms with Crippen molar-refractivity contribution >= 4 is 11.9 Å². The highest BCUT2D eigenvalue weighted by atomic mass is 19.1. The molecule has 0 spiro atoms. The summed E-state index contributed by atoms with van der Waals surface area (Å²) in [5.41, 5.74) is 6.52. The topological polar surface area (TPSA) is 81.4 Å². The van der Waals surface area contributed by atoms with Crippen molar-refractivity contribution in [3.63, 3.8) is 0 Å². The number of rotatable bonds is 6. The molecule has 0 aromatic heterocycles. The van der Waals surface area contributed by atoms with Crippen LogP contribution in [0.2, 0.25) is 0 Å². The molecular weight excluding hydrogens is 299 g/mol. The Morgan fingerprint density at radius 1 is 1.35 bits per heavy atom. The molecule has 3 atom stereocenters. The van der Waals surface area contributed by atoms with E-state index in [0.29, 0.717) is 12.0 Å². The molecule has 6 heteroatoms. The van der Waals surface area contributed by atoms with E-state index in [1.165, 1.54) is 12.1 Å². The molecule has 5 nitrogen and oxygen atoms in total. The van der Waals surface area contributed by atoms with Gasteiger partial charge in [-0.15, -0.1) is 0 Å². The molecule has 3 unspecified atom stereocenters. The number of benzene rings is 1. The number of carbonyl (C=O) groups excluding carboxylic acids is 2. The molecule has 0 heterocycles. The molecule has 23 heavy (non-hydrogen) atoms. The predicted octanol–water partition coefficient (Wildman–Crippen LogP) is 2.06. The summed E-state index contributed by atoms with van der Waals surface area (Å²) in [5, 5.41) is 2.89. The minimum atomic E-state index is -0.529. The van der Waals surface area contributed by atoms with Gasteiger partial charge in [0.25, 0.3) is 0 Å². The van der Waals surface area contributed by atoms with E-state index < -0.39 is 12.0 Å². The van der Waals surface area contributed by atoms with Crippen molar-refractivity contribution < 1.29 is 18.7 Å². The maximum atomic E-state index is 13.1. The van der Waals surface area contributed by atoms with E-state index in [1.807, 2.05) is 0 Å². The largest absolute Gasteiger partial charge is 0.466 e. The number of halogens is 1. The van der Waals surface area contributed by atoms with E-state index in [1.54, 1.807) is 19.1 Å². The molecular formula is C17H23FN2O3. The predicted molar refractivity (Wildman–Crippen MR) is 83.9 cm³/mol. The third-order valence-corrected chi connectivity index (χ3v) is 4.11. The lowest BCUT2D eigenvalue weighted by Gasteiger charge is -2.21. The maximum absolute atomic E-state index is 13.1. The summed E-state index contributed by atoms with van der Waals surface area (Å²) >= 11 is 0. The Kier molecular flexibility index (Phi) is 6.10. The quantitative estimate of drug-likeness (QED) is 0.786. The third-order valence-electron chi connectivity index (χ3n) is 4.11. The average Bonchev–Trinajstić information content (AvgIpc) is 2.94. The normalized spacial score (nSPS) is 21.7. The lowest BCUT2D eigenvalue weighted by molar-refractivity contribution is -0.143. The minimum Gasteiger partial charge on any atom is -0.466 e. The number of hydrogen-bond donors (Lipinski definition) is 2. The first-order valence-corrected chi connectivity index (χ1v) is 7.96. The van der Waals surface area contributed by atoms with Gasteiger partial charge in [0.2, 0.25) is 5.91 Å². The van der Waals surface area contributed by atoms with Crippen LogP contribution in [0.4, 0.5) is 4.39 Å². The van der Waals surface area contributed by atoms with Crippen LogP contribution in [0.25, 0.3) is 0 Å². The van der Waals surface area contributed by atoms with Gasteiger partial charge in [-0.25, -0.2) is 4.39 Å². The molecule has 1 fully saturated rings. The van der Waals surface area contributed by atoms with E-state index in [4.69, 9.17) is 10.5 Å². The van der Waals surface area contributed by atoms with Gasteiger partial charge in [0.05, 0.1) is 19.1 Å². The fraction of sp³-hybridized carbons (Fsp3) is 0.529. The van der Waals surface area contributed by atoms with E-state index >= 15 is 0 Å². The number of hydrogen-bond acceptors (Lipinski definition) is 4. The Labute approximate surface area is 135 Å². The molecule has 3 N–H and O–H groups in total. The van der Waals surface area contributed by atoms with Crippen LogP contribution < -0.4 is 11.1 Å². The summed E-state index contributed by atoms with van der Waals surface area (Å²) in [6.45, 7) is 2.00. The number of esters is 1. The summed E-state index contributed by atoms with van der Waals surface area (Å²) in [7, 11) is 0. The second-order valence-corrected chi connectivity index (χ2v) is 5.89. The average molecular weight is 322 g/mol. The monoisotopic (exact) mass is 322 g/mol. The molecule has 1 aromatic carbocycles. The van der Waals surface area contributed by atoms with Gasteiger partial charge >= 0.3 is 5.97 Å². The van der Waals surface area contributed by atoms with Crippen LogP contribution in [-0.4, -0.2) is 24.5 Å². The third kappa shape index (κ3) is 5.03. The van der Waals surface area contributed by atoms with Gasteiger partial charge in [-0.3, -0.25) is 9.59 Å². The van der Waals surface area contributed by atoms with Gasteiger partial charge in [0.15, 0.2) is 0 Å². The van der Waals surface area contributed by atoms with Crippen molar-refractivity contribution in [2.24, 2.45) is 11.7 Å². The van der Waals surface area contributed by atoms with Crippen LogP contribution in [-0.2, 0) is 14.3 Å². The van der Waals surface area contributed by atoms with E-state index in [2.05, 4.69) is 5.32 Å². The lowest BCUT2D eigenvalue weighted by atomic mass is 10.0. The summed E-state index contributed by atoms with van der Waals surface area (Å²) < 4.78 is 18.0. The van der Waals surface area contributed by atoms with Crippen LogP contribution in [0, 0.1) is 11.7 Å². The minimum absolute atomic E-state index is 0.0178. The number of amides is 1. The number of nitrogens with one attached hydrogen (secondary N) is 1.